The van der Waals surface area contributed by atoms with Gasteiger partial charge in [-0.1, -0.05) is 0 Å². The summed E-state index contributed by atoms with van der Waals surface area (Å²) in [6.45, 7) is 0. The van der Waals surface area contributed by atoms with Crippen LogP contribution in [-0.4, -0.2) is 19.0 Å². The zero-order chi connectivity index (χ0) is 6.85. The molecule has 0 fully saturated rings. The van der Waals surface area contributed by atoms with Crippen LogP contribution in [0.25, 0.3) is 0 Å². The maximum Gasteiger partial charge on any atom is 0.362 e. The van der Waals surface area contributed by atoms with Crippen LogP contribution in [0.1, 0.15) is 0 Å². The molecule has 4 heteroatoms. The quantitative estimate of drug-likeness (QED) is 0.369. The summed E-state index contributed by atoms with van der Waals surface area (Å²) >= 11 is 0. The van der Waals surface area contributed by atoms with E-state index in [0.717, 1.165) is 6.08 Å². The molecule has 0 aromatic carbocycles. The summed E-state index contributed by atoms with van der Waals surface area (Å²) in [4.78, 5) is 20.7. The lowest BCUT2D eigenvalue weighted by Crippen LogP contribution is -2.12. The van der Waals surface area contributed by atoms with Crippen molar-refractivity contribution in [3.05, 3.63) is 11.8 Å². The molecule has 1 rings (SSSR count). The first-order valence-electron chi connectivity index (χ1n) is 2.39. The zero-order valence-electron chi connectivity index (χ0n) is 4.80. The van der Waals surface area contributed by atoms with Crippen molar-refractivity contribution in [2.75, 3.05) is 7.05 Å². The van der Waals surface area contributed by atoms with Crippen LogP contribution in [0.2, 0.25) is 0 Å². The summed E-state index contributed by atoms with van der Waals surface area (Å²) in [6, 6.07) is 0. The Hall–Kier alpha value is -1.32. The number of rotatable bonds is 1. The summed E-state index contributed by atoms with van der Waals surface area (Å²) in [5.74, 6) is -1.22. The number of likely N-dealkylation sites (N-methyl/N-ethyl adjacent to an activating group) is 1. The highest BCUT2D eigenvalue weighted by Crippen LogP contribution is 2.02. The maximum absolute atomic E-state index is 10.4. The van der Waals surface area contributed by atoms with Gasteiger partial charge in [0.25, 0.3) is 0 Å². The van der Waals surface area contributed by atoms with Crippen molar-refractivity contribution in [1.29, 1.82) is 0 Å². The van der Waals surface area contributed by atoms with Gasteiger partial charge in [-0.05, 0) is 0 Å². The second-order valence-corrected chi connectivity index (χ2v) is 1.52. The van der Waals surface area contributed by atoms with Crippen LogP contribution in [0.4, 0.5) is 0 Å². The van der Waals surface area contributed by atoms with Gasteiger partial charge in [0.2, 0.25) is 0 Å². The van der Waals surface area contributed by atoms with E-state index in [2.05, 4.69) is 10.1 Å². The minimum absolute atomic E-state index is 0.208. The van der Waals surface area contributed by atoms with Crippen molar-refractivity contribution in [3.63, 3.8) is 0 Å². The smallest absolute Gasteiger partial charge is 0.362 e. The third-order valence-electron chi connectivity index (χ3n) is 0.945. The van der Waals surface area contributed by atoms with Gasteiger partial charge in [-0.25, -0.2) is 9.59 Å². The Morgan fingerprint density at radius 3 is 2.44 bits per heavy atom. The number of nitrogens with one attached hydrogen (secondary N) is 1. The summed E-state index contributed by atoms with van der Waals surface area (Å²) in [5, 5.41) is 2.51. The third-order valence-corrected chi connectivity index (χ3v) is 0.945. The highest BCUT2D eigenvalue weighted by molar-refractivity contribution is 6.08. The van der Waals surface area contributed by atoms with Crippen LogP contribution in [0.5, 0.6) is 0 Å². The van der Waals surface area contributed by atoms with E-state index in [4.69, 9.17) is 0 Å². The predicted octanol–water partition coefficient (Wildman–Crippen LogP) is -0.827. The zero-order valence-corrected chi connectivity index (χ0v) is 4.80. The Bertz CT molecular complexity index is 194. The Kier molecular flexibility index (Phi) is 1.22. The molecule has 0 saturated carbocycles. The molecule has 48 valence electrons. The van der Waals surface area contributed by atoms with Crippen molar-refractivity contribution in [2.24, 2.45) is 0 Å². The van der Waals surface area contributed by atoms with Crippen LogP contribution in [0.3, 0.4) is 0 Å². The lowest BCUT2D eigenvalue weighted by molar-refractivity contribution is -0.150. The van der Waals surface area contributed by atoms with Crippen molar-refractivity contribution in [1.82, 2.24) is 5.32 Å². The summed E-state index contributed by atoms with van der Waals surface area (Å²) in [7, 11) is 1.55. The first kappa shape index (κ1) is 5.81. The van der Waals surface area contributed by atoms with Gasteiger partial charge in [-0.15, -0.1) is 0 Å². The van der Waals surface area contributed by atoms with E-state index in [-0.39, 0.29) is 5.70 Å². The first-order chi connectivity index (χ1) is 4.24. The molecule has 0 unspecified atom stereocenters. The van der Waals surface area contributed by atoms with Gasteiger partial charge in [-0.2, -0.15) is 0 Å². The van der Waals surface area contributed by atoms with Crippen LogP contribution in [-0.2, 0) is 14.3 Å². The average molecular weight is 127 g/mol. The predicted molar refractivity (Wildman–Crippen MR) is 28.2 cm³/mol. The Labute approximate surface area is 51.5 Å². The molecule has 1 aliphatic rings. The second kappa shape index (κ2) is 1.89. The second-order valence-electron chi connectivity index (χ2n) is 1.52. The Morgan fingerprint density at radius 1 is 1.56 bits per heavy atom. The first-order valence-corrected chi connectivity index (χ1v) is 2.39. The molecule has 0 aromatic heterocycles. The molecule has 9 heavy (non-hydrogen) atoms. The van der Waals surface area contributed by atoms with Crippen LogP contribution in [0, 0.1) is 0 Å². The van der Waals surface area contributed by atoms with E-state index in [0.29, 0.717) is 0 Å². The lowest BCUT2D eigenvalue weighted by Gasteiger charge is -1.91. The van der Waals surface area contributed by atoms with E-state index < -0.39 is 11.9 Å². The SMILES string of the molecule is CNC1=CC(=O)OC1=O. The summed E-state index contributed by atoms with van der Waals surface area (Å²) in [6.07, 6.45) is 1.11. The molecular weight excluding hydrogens is 122 g/mol. The summed E-state index contributed by atoms with van der Waals surface area (Å²) in [5.41, 5.74) is 0.208. The van der Waals surface area contributed by atoms with Gasteiger partial charge < -0.3 is 10.1 Å². The van der Waals surface area contributed by atoms with E-state index in [9.17, 15) is 9.59 Å². The normalized spacial score (nSPS) is 17.2. The standard InChI is InChI=1S/C5H5NO3/c1-6-3-2-4(7)9-5(3)8/h2,6H,1H3. The van der Waals surface area contributed by atoms with Crippen molar-refractivity contribution in [2.45, 2.75) is 0 Å². The van der Waals surface area contributed by atoms with Crippen LogP contribution in [0.15, 0.2) is 11.8 Å². The Balaban J connectivity index is 2.80. The van der Waals surface area contributed by atoms with Crippen molar-refractivity contribution < 1.29 is 14.3 Å². The number of carbonyl (C=O) groups excluding carboxylic acids is 2. The van der Waals surface area contributed by atoms with Gasteiger partial charge in [0, 0.05) is 7.05 Å². The third kappa shape index (κ3) is 0.910. The molecular formula is C5H5NO3. The number of esters is 2. The number of cyclic esters (lactones) is 2. The van der Waals surface area contributed by atoms with Gasteiger partial charge in [-0.3, -0.25) is 0 Å². The molecule has 0 radical (unpaired) electrons. The minimum atomic E-state index is -0.609. The van der Waals surface area contributed by atoms with E-state index >= 15 is 0 Å². The average Bonchev–Trinajstić information content (AvgIpc) is 2.10. The molecule has 0 aliphatic carbocycles. The summed E-state index contributed by atoms with van der Waals surface area (Å²) < 4.78 is 4.13. The molecule has 0 spiro atoms. The molecule has 1 heterocycles. The van der Waals surface area contributed by atoms with Gasteiger partial charge in [0.15, 0.2) is 0 Å². The van der Waals surface area contributed by atoms with Crippen LogP contribution < -0.4 is 5.32 Å². The lowest BCUT2D eigenvalue weighted by atomic mass is 10.4. The molecule has 0 bridgehead atoms. The topological polar surface area (TPSA) is 55.4 Å². The van der Waals surface area contributed by atoms with E-state index in [1.165, 1.54) is 0 Å². The molecule has 1 N–H and O–H groups in total. The fraction of sp³-hybridized carbons (Fsp3) is 0.200. The van der Waals surface area contributed by atoms with Gasteiger partial charge >= 0.3 is 11.9 Å². The van der Waals surface area contributed by atoms with Crippen molar-refractivity contribution >= 4 is 11.9 Å². The highest BCUT2D eigenvalue weighted by Gasteiger charge is 2.21. The van der Waals surface area contributed by atoms with E-state index in [1.54, 1.807) is 7.05 Å². The largest absolute Gasteiger partial charge is 0.385 e. The molecule has 4 nitrogen and oxygen atoms in total. The molecule has 0 amide bonds. The minimum Gasteiger partial charge on any atom is -0.385 e. The molecule has 0 aromatic rings. The molecule has 0 atom stereocenters. The fourth-order valence-electron chi connectivity index (χ4n) is 0.527. The van der Waals surface area contributed by atoms with Crippen LogP contribution >= 0.6 is 0 Å². The Morgan fingerprint density at radius 2 is 2.22 bits per heavy atom. The highest BCUT2D eigenvalue weighted by atomic mass is 16.6. The number of carbonyl (C=O) groups is 2. The van der Waals surface area contributed by atoms with Gasteiger partial charge in [0.05, 0.1) is 6.08 Å². The maximum atomic E-state index is 10.4. The van der Waals surface area contributed by atoms with Crippen molar-refractivity contribution in [3.8, 4) is 0 Å². The monoisotopic (exact) mass is 127 g/mol. The fourth-order valence-corrected chi connectivity index (χ4v) is 0.527. The molecule has 1 aliphatic heterocycles. The van der Waals surface area contributed by atoms with E-state index in [1.807, 2.05) is 0 Å². The number of hydrogen-bond donors (Lipinski definition) is 1. The number of ether oxygens (including phenoxy) is 1. The molecule has 0 saturated heterocycles. The van der Waals surface area contributed by atoms with Gasteiger partial charge in [0.1, 0.15) is 5.70 Å². The number of hydrogen-bond acceptors (Lipinski definition) is 4.